The third-order valence-electron chi connectivity index (χ3n) is 2.40. The number of hydrogen-bond donors (Lipinski definition) is 3. The van der Waals surface area contributed by atoms with Crippen LogP contribution in [-0.4, -0.2) is 38.8 Å². The second-order valence-electron chi connectivity index (χ2n) is 3.99. The molecule has 0 saturated heterocycles. The number of carbonyl (C=O) groups excluding carboxylic acids is 1. The average Bonchev–Trinajstić information content (AvgIpc) is 2.54. The summed E-state index contributed by atoms with van der Waals surface area (Å²) < 4.78 is 1.36. The van der Waals surface area contributed by atoms with Crippen LogP contribution in [0.25, 0.3) is 0 Å². The maximum absolute atomic E-state index is 11.7. The molecule has 0 fully saturated rings. The van der Waals surface area contributed by atoms with Crippen molar-refractivity contribution in [1.82, 2.24) is 9.88 Å². The van der Waals surface area contributed by atoms with Crippen LogP contribution in [0.15, 0.2) is 6.07 Å². The van der Waals surface area contributed by atoms with Crippen LogP contribution in [0.2, 0.25) is 10.2 Å². The smallest absolute Gasteiger partial charge is 0.337 e. The standard InChI is InChI=1S/C10H12Cl2N2O4/c1-10(18,9(16)17)4-13-8(15)6-3-5(11)7(12)14(6)2/h3,18H,4H2,1-2H3,(H,13,15)(H,16,17). The second-order valence-corrected chi connectivity index (χ2v) is 4.75. The summed E-state index contributed by atoms with van der Waals surface area (Å²) in [5, 5.41) is 20.8. The van der Waals surface area contributed by atoms with Crippen molar-refractivity contribution in [2.75, 3.05) is 6.54 Å². The lowest BCUT2D eigenvalue weighted by atomic mass is 10.1. The Hall–Kier alpha value is -1.24. The lowest BCUT2D eigenvalue weighted by molar-refractivity contribution is -0.155. The maximum atomic E-state index is 11.7. The van der Waals surface area contributed by atoms with Gasteiger partial charge in [0.05, 0.1) is 11.6 Å². The fraction of sp³-hybridized carbons (Fsp3) is 0.400. The van der Waals surface area contributed by atoms with E-state index in [-0.39, 0.29) is 15.9 Å². The maximum Gasteiger partial charge on any atom is 0.337 e. The van der Waals surface area contributed by atoms with E-state index < -0.39 is 24.0 Å². The number of amides is 1. The molecule has 0 spiro atoms. The Morgan fingerprint density at radius 1 is 1.50 bits per heavy atom. The van der Waals surface area contributed by atoms with Crippen molar-refractivity contribution in [3.63, 3.8) is 0 Å². The van der Waals surface area contributed by atoms with E-state index in [1.165, 1.54) is 10.6 Å². The molecular formula is C10H12Cl2N2O4. The molecular weight excluding hydrogens is 283 g/mol. The van der Waals surface area contributed by atoms with Gasteiger partial charge in [0.15, 0.2) is 5.60 Å². The van der Waals surface area contributed by atoms with Crippen LogP contribution in [0.4, 0.5) is 0 Å². The first-order chi connectivity index (χ1) is 8.16. The van der Waals surface area contributed by atoms with Gasteiger partial charge < -0.3 is 20.1 Å². The van der Waals surface area contributed by atoms with Crippen LogP contribution in [0.5, 0.6) is 0 Å². The number of nitrogens with zero attached hydrogens (tertiary/aromatic N) is 1. The van der Waals surface area contributed by atoms with Crippen LogP contribution in [-0.2, 0) is 11.8 Å². The number of halogens is 2. The van der Waals surface area contributed by atoms with E-state index in [1.807, 2.05) is 0 Å². The first-order valence-electron chi connectivity index (χ1n) is 4.91. The van der Waals surface area contributed by atoms with Gasteiger partial charge in [0.2, 0.25) is 0 Å². The van der Waals surface area contributed by atoms with Crippen LogP contribution in [0.3, 0.4) is 0 Å². The van der Waals surface area contributed by atoms with Crippen molar-refractivity contribution in [2.45, 2.75) is 12.5 Å². The molecule has 0 aliphatic rings. The topological polar surface area (TPSA) is 91.6 Å². The molecule has 1 atom stereocenters. The van der Waals surface area contributed by atoms with Crippen molar-refractivity contribution in [3.05, 3.63) is 21.9 Å². The summed E-state index contributed by atoms with van der Waals surface area (Å²) in [6.45, 7) is 0.655. The van der Waals surface area contributed by atoms with E-state index in [1.54, 1.807) is 7.05 Å². The summed E-state index contributed by atoms with van der Waals surface area (Å²) >= 11 is 11.5. The molecule has 1 aromatic rings. The Balaban J connectivity index is 2.78. The fourth-order valence-electron chi connectivity index (χ4n) is 1.18. The first kappa shape index (κ1) is 14.8. The zero-order valence-corrected chi connectivity index (χ0v) is 11.2. The van der Waals surface area contributed by atoms with Gasteiger partial charge in [-0.3, -0.25) is 4.79 Å². The van der Waals surface area contributed by atoms with Gasteiger partial charge in [-0.1, -0.05) is 23.2 Å². The third kappa shape index (κ3) is 2.95. The highest BCUT2D eigenvalue weighted by Crippen LogP contribution is 2.24. The molecule has 0 bridgehead atoms. The summed E-state index contributed by atoms with van der Waals surface area (Å²) in [5.41, 5.74) is -1.86. The predicted octanol–water partition coefficient (Wildman–Crippen LogP) is 0.897. The van der Waals surface area contributed by atoms with Gasteiger partial charge in [0.25, 0.3) is 5.91 Å². The van der Waals surface area contributed by atoms with E-state index >= 15 is 0 Å². The number of aliphatic carboxylic acids is 1. The van der Waals surface area contributed by atoms with Crippen LogP contribution in [0, 0.1) is 0 Å². The van der Waals surface area contributed by atoms with Crippen molar-refractivity contribution < 1.29 is 19.8 Å². The number of aromatic nitrogens is 1. The van der Waals surface area contributed by atoms with E-state index in [0.717, 1.165) is 6.92 Å². The van der Waals surface area contributed by atoms with Crippen LogP contribution >= 0.6 is 23.2 Å². The highest BCUT2D eigenvalue weighted by Gasteiger charge is 2.30. The Morgan fingerprint density at radius 2 is 2.06 bits per heavy atom. The summed E-state index contributed by atoms with van der Waals surface area (Å²) in [6.07, 6.45) is 0. The molecule has 0 aliphatic heterocycles. The first-order valence-corrected chi connectivity index (χ1v) is 5.67. The molecule has 18 heavy (non-hydrogen) atoms. The minimum absolute atomic E-state index is 0.172. The van der Waals surface area contributed by atoms with Gasteiger partial charge in [0.1, 0.15) is 10.8 Å². The highest BCUT2D eigenvalue weighted by molar-refractivity contribution is 6.41. The number of carbonyl (C=O) groups is 2. The van der Waals surface area contributed by atoms with Crippen molar-refractivity contribution in [3.8, 4) is 0 Å². The van der Waals surface area contributed by atoms with E-state index in [9.17, 15) is 14.7 Å². The monoisotopic (exact) mass is 294 g/mol. The van der Waals surface area contributed by atoms with Crippen molar-refractivity contribution in [1.29, 1.82) is 0 Å². The van der Waals surface area contributed by atoms with Crippen LogP contribution in [0.1, 0.15) is 17.4 Å². The number of hydrogen-bond acceptors (Lipinski definition) is 3. The van der Waals surface area contributed by atoms with Crippen molar-refractivity contribution >= 4 is 35.1 Å². The largest absolute Gasteiger partial charge is 0.479 e. The average molecular weight is 295 g/mol. The third-order valence-corrected chi connectivity index (χ3v) is 3.24. The van der Waals surface area contributed by atoms with Gasteiger partial charge in [0, 0.05) is 7.05 Å². The van der Waals surface area contributed by atoms with E-state index in [4.69, 9.17) is 28.3 Å². The molecule has 6 nitrogen and oxygen atoms in total. The number of carboxylic acids is 1. The van der Waals surface area contributed by atoms with Gasteiger partial charge in [-0.05, 0) is 13.0 Å². The van der Waals surface area contributed by atoms with E-state index in [2.05, 4.69) is 5.32 Å². The second kappa shape index (κ2) is 5.17. The molecule has 1 unspecified atom stereocenters. The van der Waals surface area contributed by atoms with Gasteiger partial charge >= 0.3 is 5.97 Å². The van der Waals surface area contributed by atoms with Gasteiger partial charge in [-0.2, -0.15) is 0 Å². The summed E-state index contributed by atoms with van der Waals surface area (Å²) in [6, 6.07) is 1.36. The molecule has 1 heterocycles. The summed E-state index contributed by atoms with van der Waals surface area (Å²) in [5.74, 6) is -2.00. The number of aliphatic hydroxyl groups is 1. The minimum atomic E-state index is -2.03. The normalized spacial score (nSPS) is 14.1. The minimum Gasteiger partial charge on any atom is -0.479 e. The van der Waals surface area contributed by atoms with E-state index in [0.29, 0.717) is 0 Å². The number of rotatable bonds is 4. The zero-order chi connectivity index (χ0) is 14.1. The molecule has 100 valence electrons. The predicted molar refractivity (Wildman–Crippen MR) is 66.0 cm³/mol. The quantitative estimate of drug-likeness (QED) is 0.769. The summed E-state index contributed by atoms with van der Waals surface area (Å²) in [4.78, 5) is 22.4. The molecule has 0 radical (unpaired) electrons. The molecule has 0 aliphatic carbocycles. The van der Waals surface area contributed by atoms with Crippen molar-refractivity contribution in [2.24, 2.45) is 7.05 Å². The lowest BCUT2D eigenvalue weighted by Gasteiger charge is -2.18. The van der Waals surface area contributed by atoms with Gasteiger partial charge in [-0.25, -0.2) is 4.79 Å². The fourth-order valence-corrected chi connectivity index (χ4v) is 1.55. The Bertz CT molecular complexity index is 496. The number of nitrogens with one attached hydrogen (secondary N) is 1. The highest BCUT2D eigenvalue weighted by atomic mass is 35.5. The Labute approximate surface area is 113 Å². The van der Waals surface area contributed by atoms with Gasteiger partial charge in [-0.15, -0.1) is 0 Å². The lowest BCUT2D eigenvalue weighted by Crippen LogP contribution is -2.46. The molecule has 1 aromatic heterocycles. The molecule has 1 rings (SSSR count). The molecule has 0 aromatic carbocycles. The molecule has 1 amide bonds. The summed E-state index contributed by atoms with van der Waals surface area (Å²) in [7, 11) is 1.54. The molecule has 0 saturated carbocycles. The number of carboxylic acid groups (broad SMARTS) is 1. The Morgan fingerprint density at radius 3 is 2.44 bits per heavy atom. The zero-order valence-electron chi connectivity index (χ0n) is 9.70. The molecule has 3 N–H and O–H groups in total. The van der Waals surface area contributed by atoms with Crippen LogP contribution < -0.4 is 5.32 Å². The SMILES string of the molecule is Cn1c(C(=O)NCC(C)(O)C(=O)O)cc(Cl)c1Cl. The Kier molecular flexibility index (Phi) is 4.26. The molecule has 8 heteroatoms.